The fraction of sp³-hybridized carbons (Fsp3) is 0.625. The third-order valence-electron chi connectivity index (χ3n) is 4.19. The summed E-state index contributed by atoms with van der Waals surface area (Å²) in [6.45, 7) is 3.39. The molecular formula is C16H25BrN2. The van der Waals surface area contributed by atoms with Crippen LogP contribution in [0.1, 0.15) is 31.2 Å². The van der Waals surface area contributed by atoms with Crippen molar-refractivity contribution < 1.29 is 0 Å². The van der Waals surface area contributed by atoms with Gasteiger partial charge in [0.15, 0.2) is 0 Å². The number of hydrogen-bond donors (Lipinski definition) is 1. The summed E-state index contributed by atoms with van der Waals surface area (Å²) in [5.41, 5.74) is 1.89. The van der Waals surface area contributed by atoms with E-state index in [9.17, 15) is 0 Å². The standard InChI is InChI=1S/C16H25BrN2/c1-18-12-16(9-3-4-10-16)13-19(2)11-14-5-7-15(17)8-6-14/h5-8,18H,3-4,9-13H2,1-2H3. The van der Waals surface area contributed by atoms with E-state index in [-0.39, 0.29) is 0 Å². The molecule has 0 unspecified atom stereocenters. The molecule has 1 aliphatic carbocycles. The largest absolute Gasteiger partial charge is 0.319 e. The van der Waals surface area contributed by atoms with Gasteiger partial charge in [-0.2, -0.15) is 0 Å². The first-order chi connectivity index (χ1) is 9.13. The van der Waals surface area contributed by atoms with E-state index >= 15 is 0 Å². The van der Waals surface area contributed by atoms with Crippen LogP contribution in [-0.4, -0.2) is 32.1 Å². The summed E-state index contributed by atoms with van der Waals surface area (Å²) in [6, 6.07) is 8.67. The molecule has 1 N–H and O–H groups in total. The maximum atomic E-state index is 3.49. The van der Waals surface area contributed by atoms with Crippen LogP contribution in [0.3, 0.4) is 0 Å². The molecule has 0 aromatic heterocycles. The molecule has 1 saturated carbocycles. The maximum absolute atomic E-state index is 3.49. The molecule has 2 rings (SSSR count). The Bertz CT molecular complexity index is 382. The zero-order valence-corrected chi connectivity index (χ0v) is 13.7. The van der Waals surface area contributed by atoms with Gasteiger partial charge in [0.25, 0.3) is 0 Å². The molecule has 2 nitrogen and oxygen atoms in total. The molecule has 0 heterocycles. The Morgan fingerprint density at radius 2 is 1.84 bits per heavy atom. The first kappa shape index (κ1) is 15.0. The van der Waals surface area contributed by atoms with Crippen LogP contribution >= 0.6 is 15.9 Å². The molecule has 106 valence electrons. The van der Waals surface area contributed by atoms with E-state index in [1.165, 1.54) is 37.8 Å². The van der Waals surface area contributed by atoms with Gasteiger partial charge in [-0.1, -0.05) is 40.9 Å². The average Bonchev–Trinajstić information content (AvgIpc) is 2.81. The van der Waals surface area contributed by atoms with Crippen molar-refractivity contribution in [2.24, 2.45) is 5.41 Å². The van der Waals surface area contributed by atoms with Crippen LogP contribution in [0.25, 0.3) is 0 Å². The van der Waals surface area contributed by atoms with E-state index in [1.54, 1.807) is 0 Å². The van der Waals surface area contributed by atoms with Crippen LogP contribution < -0.4 is 5.32 Å². The highest BCUT2D eigenvalue weighted by Crippen LogP contribution is 2.38. The van der Waals surface area contributed by atoms with Crippen LogP contribution in [0, 0.1) is 5.41 Å². The molecular weight excluding hydrogens is 300 g/mol. The monoisotopic (exact) mass is 324 g/mol. The maximum Gasteiger partial charge on any atom is 0.0230 e. The van der Waals surface area contributed by atoms with Gasteiger partial charge in [-0.3, -0.25) is 0 Å². The number of hydrogen-bond acceptors (Lipinski definition) is 2. The normalized spacial score (nSPS) is 18.1. The summed E-state index contributed by atoms with van der Waals surface area (Å²) in [7, 11) is 4.33. The molecule has 1 fully saturated rings. The van der Waals surface area contributed by atoms with Crippen molar-refractivity contribution >= 4 is 15.9 Å². The van der Waals surface area contributed by atoms with E-state index in [2.05, 4.69) is 64.5 Å². The molecule has 1 aromatic rings. The zero-order valence-electron chi connectivity index (χ0n) is 12.1. The molecule has 0 radical (unpaired) electrons. The predicted molar refractivity (Wildman–Crippen MR) is 85.3 cm³/mol. The second-order valence-electron chi connectivity index (χ2n) is 6.04. The fourth-order valence-corrected chi connectivity index (χ4v) is 3.69. The van der Waals surface area contributed by atoms with Crippen molar-refractivity contribution in [3.63, 3.8) is 0 Å². The first-order valence-corrected chi connectivity index (χ1v) is 8.00. The highest BCUT2D eigenvalue weighted by Gasteiger charge is 2.34. The van der Waals surface area contributed by atoms with Gasteiger partial charge in [0, 0.05) is 24.1 Å². The lowest BCUT2D eigenvalue weighted by molar-refractivity contribution is 0.170. The van der Waals surface area contributed by atoms with Gasteiger partial charge < -0.3 is 10.2 Å². The molecule has 0 bridgehead atoms. The fourth-order valence-electron chi connectivity index (χ4n) is 3.42. The summed E-state index contributed by atoms with van der Waals surface area (Å²) < 4.78 is 1.15. The SMILES string of the molecule is CNCC1(CN(C)Cc2ccc(Br)cc2)CCCC1. The van der Waals surface area contributed by atoms with Gasteiger partial charge in [0.05, 0.1) is 0 Å². The third-order valence-corrected chi connectivity index (χ3v) is 4.72. The second kappa shape index (κ2) is 6.87. The second-order valence-corrected chi connectivity index (χ2v) is 6.95. The van der Waals surface area contributed by atoms with E-state index in [0.29, 0.717) is 5.41 Å². The number of nitrogens with zero attached hydrogens (tertiary/aromatic N) is 1. The number of halogens is 1. The first-order valence-electron chi connectivity index (χ1n) is 7.21. The summed E-state index contributed by atoms with van der Waals surface area (Å²) in [5.74, 6) is 0. The Labute approximate surface area is 125 Å². The number of rotatable bonds is 6. The summed E-state index contributed by atoms with van der Waals surface area (Å²) in [4.78, 5) is 2.48. The Balaban J connectivity index is 1.92. The van der Waals surface area contributed by atoms with Gasteiger partial charge in [-0.05, 0) is 50.0 Å². The molecule has 0 saturated heterocycles. The Hall–Kier alpha value is -0.380. The number of benzene rings is 1. The Morgan fingerprint density at radius 1 is 1.21 bits per heavy atom. The molecule has 1 aliphatic rings. The van der Waals surface area contributed by atoms with Crippen LogP contribution in [0.15, 0.2) is 28.7 Å². The molecule has 19 heavy (non-hydrogen) atoms. The smallest absolute Gasteiger partial charge is 0.0230 e. The Kier molecular flexibility index (Phi) is 5.43. The quantitative estimate of drug-likeness (QED) is 0.859. The van der Waals surface area contributed by atoms with E-state index < -0.39 is 0 Å². The third kappa shape index (κ3) is 4.30. The minimum atomic E-state index is 0.499. The van der Waals surface area contributed by atoms with Crippen LogP contribution in [-0.2, 0) is 6.54 Å². The topological polar surface area (TPSA) is 15.3 Å². The lowest BCUT2D eigenvalue weighted by Crippen LogP contribution is -2.40. The highest BCUT2D eigenvalue weighted by atomic mass is 79.9. The van der Waals surface area contributed by atoms with Gasteiger partial charge >= 0.3 is 0 Å². The van der Waals surface area contributed by atoms with Crippen molar-refractivity contribution in [3.05, 3.63) is 34.3 Å². The molecule has 0 atom stereocenters. The van der Waals surface area contributed by atoms with Crippen molar-refractivity contribution in [1.82, 2.24) is 10.2 Å². The summed E-state index contributed by atoms with van der Waals surface area (Å²) >= 11 is 3.49. The highest BCUT2D eigenvalue weighted by molar-refractivity contribution is 9.10. The van der Waals surface area contributed by atoms with Crippen molar-refractivity contribution in [1.29, 1.82) is 0 Å². The number of nitrogens with one attached hydrogen (secondary N) is 1. The molecule has 1 aromatic carbocycles. The van der Waals surface area contributed by atoms with Crippen molar-refractivity contribution in [2.45, 2.75) is 32.2 Å². The molecule has 0 spiro atoms. The van der Waals surface area contributed by atoms with Crippen LogP contribution in [0.4, 0.5) is 0 Å². The van der Waals surface area contributed by atoms with Gasteiger partial charge in [-0.15, -0.1) is 0 Å². The Morgan fingerprint density at radius 3 is 2.42 bits per heavy atom. The van der Waals surface area contributed by atoms with Crippen molar-refractivity contribution in [3.8, 4) is 0 Å². The van der Waals surface area contributed by atoms with Gasteiger partial charge in [0.1, 0.15) is 0 Å². The van der Waals surface area contributed by atoms with Crippen LogP contribution in [0.2, 0.25) is 0 Å². The summed E-state index contributed by atoms with van der Waals surface area (Å²) in [6.07, 6.45) is 5.54. The van der Waals surface area contributed by atoms with Gasteiger partial charge in [-0.25, -0.2) is 0 Å². The van der Waals surface area contributed by atoms with E-state index in [4.69, 9.17) is 0 Å². The van der Waals surface area contributed by atoms with Crippen molar-refractivity contribution in [2.75, 3.05) is 27.2 Å². The van der Waals surface area contributed by atoms with Crippen LogP contribution in [0.5, 0.6) is 0 Å². The zero-order chi connectivity index (χ0) is 13.7. The summed E-state index contributed by atoms with van der Waals surface area (Å²) in [5, 5.41) is 3.39. The lowest BCUT2D eigenvalue weighted by atomic mass is 9.85. The molecule has 0 aliphatic heterocycles. The van der Waals surface area contributed by atoms with Gasteiger partial charge in [0.2, 0.25) is 0 Å². The van der Waals surface area contributed by atoms with E-state index in [1.807, 2.05) is 0 Å². The average molecular weight is 325 g/mol. The molecule has 0 amide bonds. The predicted octanol–water partition coefficient (Wildman–Crippen LogP) is 3.66. The minimum Gasteiger partial charge on any atom is -0.319 e. The minimum absolute atomic E-state index is 0.499. The lowest BCUT2D eigenvalue weighted by Gasteiger charge is -2.33. The van der Waals surface area contributed by atoms with E-state index in [0.717, 1.165) is 17.6 Å². The molecule has 3 heteroatoms.